The monoisotopic (exact) mass is 680 g/mol. The van der Waals surface area contributed by atoms with Crippen molar-refractivity contribution in [2.45, 2.75) is 56.7 Å². The molecule has 2 aromatic carbocycles. The topological polar surface area (TPSA) is 91.3 Å². The first-order chi connectivity index (χ1) is 23.2. The van der Waals surface area contributed by atoms with Gasteiger partial charge in [0, 0.05) is 22.8 Å². The van der Waals surface area contributed by atoms with E-state index in [1.807, 2.05) is 24.3 Å². The maximum absolute atomic E-state index is 14.7. The van der Waals surface area contributed by atoms with Crippen molar-refractivity contribution in [3.8, 4) is 17.3 Å². The molecular weight excluding hydrogens is 652 g/mol. The van der Waals surface area contributed by atoms with Crippen LogP contribution in [0.2, 0.25) is 5.02 Å². The van der Waals surface area contributed by atoms with Crippen LogP contribution in [0.1, 0.15) is 59.7 Å². The number of para-hydroxylation sites is 1. The summed E-state index contributed by atoms with van der Waals surface area (Å²) < 4.78 is 72.5. The molecule has 0 aliphatic carbocycles. The Hall–Kier alpha value is -4.33. The van der Waals surface area contributed by atoms with Gasteiger partial charge in [0.2, 0.25) is 5.82 Å². The predicted octanol–water partition coefficient (Wildman–Crippen LogP) is 7.61. The number of likely N-dealkylation sites (tertiary alicyclic amines) is 1. The molecule has 3 aliphatic heterocycles. The van der Waals surface area contributed by atoms with Crippen LogP contribution in [-0.2, 0) is 24.0 Å². The Bertz CT molecular complexity index is 2020. The number of aromatic nitrogens is 5. The van der Waals surface area contributed by atoms with Gasteiger partial charge in [0.25, 0.3) is 0 Å². The zero-order chi connectivity index (χ0) is 33.0. The summed E-state index contributed by atoms with van der Waals surface area (Å²) in [4.78, 5) is 15.1. The largest absolute Gasteiger partial charge is 0.481 e. The fraction of sp³-hybridized carbons (Fsp3) is 0.353. The Labute approximate surface area is 277 Å². The van der Waals surface area contributed by atoms with Gasteiger partial charge in [0.05, 0.1) is 36.4 Å². The van der Waals surface area contributed by atoms with Crippen LogP contribution in [0.25, 0.3) is 28.6 Å². The van der Waals surface area contributed by atoms with Crippen molar-refractivity contribution in [3.63, 3.8) is 0 Å². The molecule has 0 radical (unpaired) electrons. The molecule has 14 heteroatoms. The van der Waals surface area contributed by atoms with E-state index in [-0.39, 0.29) is 23.5 Å². The normalized spacial score (nSPS) is 20.1. The van der Waals surface area contributed by atoms with Crippen LogP contribution in [0.15, 0.2) is 59.3 Å². The molecule has 2 saturated heterocycles. The van der Waals surface area contributed by atoms with Gasteiger partial charge in [-0.3, -0.25) is 9.88 Å². The van der Waals surface area contributed by atoms with Crippen LogP contribution < -0.4 is 4.74 Å². The molecule has 3 aliphatic rings. The van der Waals surface area contributed by atoms with Crippen molar-refractivity contribution in [1.29, 1.82) is 0 Å². The van der Waals surface area contributed by atoms with Crippen molar-refractivity contribution in [1.82, 2.24) is 29.6 Å². The lowest BCUT2D eigenvalue weighted by Gasteiger charge is -2.34. The van der Waals surface area contributed by atoms with Gasteiger partial charge in [-0.05, 0) is 68.1 Å². The first-order valence-electron chi connectivity index (χ1n) is 15.7. The number of alkyl halides is 3. The maximum atomic E-state index is 14.7. The Balaban J connectivity index is 0.999. The van der Waals surface area contributed by atoms with E-state index in [2.05, 4.69) is 35.2 Å². The second kappa shape index (κ2) is 12.3. The Kier molecular flexibility index (Phi) is 7.92. The Morgan fingerprint density at radius 1 is 1.00 bits per heavy atom. The molecule has 8 rings (SSSR count). The third kappa shape index (κ3) is 5.95. The average molecular weight is 681 g/mol. The minimum absolute atomic E-state index is 0.0570. The number of rotatable bonds is 7. The molecule has 3 aromatic heterocycles. The van der Waals surface area contributed by atoms with Gasteiger partial charge in [0.1, 0.15) is 29.2 Å². The average Bonchev–Trinajstić information content (AvgIpc) is 3.68. The Morgan fingerprint density at radius 3 is 2.56 bits per heavy atom. The molecule has 0 N–H and O–H groups in total. The molecule has 2 atom stereocenters. The van der Waals surface area contributed by atoms with Crippen molar-refractivity contribution in [2.24, 2.45) is 0 Å². The van der Waals surface area contributed by atoms with Crippen LogP contribution in [0.3, 0.4) is 0 Å². The van der Waals surface area contributed by atoms with Crippen LogP contribution >= 0.6 is 11.6 Å². The minimum Gasteiger partial charge on any atom is -0.481 e. The van der Waals surface area contributed by atoms with Gasteiger partial charge in [-0.1, -0.05) is 47.1 Å². The van der Waals surface area contributed by atoms with Gasteiger partial charge in [-0.15, -0.1) is 0 Å². The van der Waals surface area contributed by atoms with E-state index in [9.17, 15) is 17.6 Å². The highest BCUT2D eigenvalue weighted by atomic mass is 35.5. The number of nitrogens with zero attached hydrogens (tertiary/aromatic N) is 6. The smallest absolute Gasteiger partial charge is 0.471 e. The van der Waals surface area contributed by atoms with Gasteiger partial charge in [0.15, 0.2) is 0 Å². The second-order valence-electron chi connectivity index (χ2n) is 12.3. The van der Waals surface area contributed by atoms with E-state index in [0.29, 0.717) is 35.8 Å². The summed E-state index contributed by atoms with van der Waals surface area (Å²) in [5.41, 5.74) is 3.99. The molecule has 0 bridgehead atoms. The number of imidazole rings is 1. The molecule has 2 fully saturated rings. The summed E-state index contributed by atoms with van der Waals surface area (Å²) in [6.07, 6.45) is 2.91. The SMILES string of the molecule is Fc1cc(Cl)ccc1[C@H]1C=Cc2cccc(C3CCN(Cc4nc5cc(-c6noc(C(F)(F)F)n6)ncc5n4C[C@@H]4CCO4)CC3)c2O1. The highest BCUT2D eigenvalue weighted by Gasteiger charge is 2.39. The minimum atomic E-state index is -4.75. The summed E-state index contributed by atoms with van der Waals surface area (Å²) in [6, 6.07) is 12.3. The summed E-state index contributed by atoms with van der Waals surface area (Å²) >= 11 is 5.97. The van der Waals surface area contributed by atoms with Crippen LogP contribution in [0.5, 0.6) is 5.75 Å². The molecule has 6 heterocycles. The molecule has 48 heavy (non-hydrogen) atoms. The van der Waals surface area contributed by atoms with E-state index in [0.717, 1.165) is 60.6 Å². The van der Waals surface area contributed by atoms with E-state index < -0.39 is 24.0 Å². The van der Waals surface area contributed by atoms with Crippen LogP contribution in [0, 0.1) is 5.82 Å². The van der Waals surface area contributed by atoms with E-state index in [1.165, 1.54) is 6.07 Å². The van der Waals surface area contributed by atoms with Crippen LogP contribution in [0.4, 0.5) is 17.6 Å². The van der Waals surface area contributed by atoms with Crippen LogP contribution in [-0.4, -0.2) is 55.4 Å². The Morgan fingerprint density at radius 2 is 1.83 bits per heavy atom. The zero-order valence-electron chi connectivity index (χ0n) is 25.5. The number of ether oxygens (including phenoxy) is 2. The molecule has 0 spiro atoms. The quantitative estimate of drug-likeness (QED) is 0.162. The lowest BCUT2D eigenvalue weighted by Crippen LogP contribution is -2.35. The van der Waals surface area contributed by atoms with Gasteiger partial charge in [-0.2, -0.15) is 18.2 Å². The number of halogens is 5. The summed E-state index contributed by atoms with van der Waals surface area (Å²) in [6.45, 7) is 3.51. The van der Waals surface area contributed by atoms with Crippen molar-refractivity contribution < 1.29 is 31.6 Å². The zero-order valence-corrected chi connectivity index (χ0v) is 26.2. The number of hydrogen-bond acceptors (Lipinski definition) is 8. The van der Waals surface area contributed by atoms with Crippen molar-refractivity contribution in [3.05, 3.63) is 94.0 Å². The van der Waals surface area contributed by atoms with Crippen molar-refractivity contribution >= 4 is 28.7 Å². The first-order valence-corrected chi connectivity index (χ1v) is 16.1. The van der Waals surface area contributed by atoms with E-state index in [1.54, 1.807) is 24.4 Å². The predicted molar refractivity (Wildman–Crippen MR) is 168 cm³/mol. The highest BCUT2D eigenvalue weighted by molar-refractivity contribution is 6.30. The van der Waals surface area contributed by atoms with Gasteiger partial charge >= 0.3 is 12.1 Å². The van der Waals surface area contributed by atoms with Crippen molar-refractivity contribution in [2.75, 3.05) is 19.7 Å². The summed E-state index contributed by atoms with van der Waals surface area (Å²) in [7, 11) is 0. The number of hydrogen-bond donors (Lipinski definition) is 0. The molecule has 0 unspecified atom stereocenters. The number of pyridine rings is 1. The lowest BCUT2D eigenvalue weighted by molar-refractivity contribution is -0.159. The maximum Gasteiger partial charge on any atom is 0.471 e. The van der Waals surface area contributed by atoms with E-state index in [4.69, 9.17) is 26.1 Å². The van der Waals surface area contributed by atoms with Gasteiger partial charge in [-0.25, -0.2) is 9.37 Å². The summed E-state index contributed by atoms with van der Waals surface area (Å²) in [5, 5.41) is 3.81. The standard InChI is InChI=1S/C34H29ClF4N6O3/c35-21-5-6-24(25(36)14-21)29-7-4-20-2-1-3-23(31(20)47-29)19-8-11-44(12-9-19)18-30-41-26-15-27(32-42-33(48-43-32)34(37,38)39)40-16-28(26)45(30)17-22-10-13-46-22/h1-7,14-16,19,22,29H,8-13,17-18H2/t22-,29+/m0/s1. The molecule has 9 nitrogen and oxygen atoms in total. The number of benzene rings is 2. The molecular formula is C34H29ClF4N6O3. The highest BCUT2D eigenvalue weighted by Crippen LogP contribution is 2.42. The molecule has 0 amide bonds. The van der Waals surface area contributed by atoms with E-state index >= 15 is 0 Å². The van der Waals surface area contributed by atoms with Gasteiger partial charge < -0.3 is 18.6 Å². The molecule has 5 aromatic rings. The fourth-order valence-corrected chi connectivity index (χ4v) is 6.77. The lowest BCUT2D eigenvalue weighted by atomic mass is 9.87. The molecule has 0 saturated carbocycles. The summed E-state index contributed by atoms with van der Waals surface area (Å²) in [5.74, 6) is -0.224. The fourth-order valence-electron chi connectivity index (χ4n) is 6.62. The second-order valence-corrected chi connectivity index (χ2v) is 12.7. The number of fused-ring (bicyclic) bond motifs is 2. The molecule has 248 valence electrons. The third-order valence-electron chi connectivity index (χ3n) is 9.22. The third-order valence-corrected chi connectivity index (χ3v) is 9.46. The number of piperidine rings is 1. The first kappa shape index (κ1) is 31.0.